The zero-order chi connectivity index (χ0) is 6.57. The highest BCUT2D eigenvalue weighted by Gasteiger charge is 1.99. The molecule has 0 aliphatic carbocycles. The Morgan fingerprint density at radius 1 is 1.88 bits per heavy atom. The normalized spacial score (nSPS) is 7.75. The number of hydrazine groups is 1. The van der Waals surface area contributed by atoms with E-state index in [9.17, 15) is 9.59 Å². The first-order valence-electron chi connectivity index (χ1n) is 1.77. The molecule has 2 amide bonds. The number of amides is 2. The Bertz CT molecular complexity index is 105. The number of halogens is 1. The molecule has 0 unspecified atom stereocenters. The molecule has 4 nitrogen and oxygen atoms in total. The zero-order valence-corrected chi connectivity index (χ0v) is 5.73. The van der Waals surface area contributed by atoms with Crippen molar-refractivity contribution in [1.29, 1.82) is 0 Å². The van der Waals surface area contributed by atoms with Gasteiger partial charge in [-0.3, -0.25) is 9.59 Å². The minimum atomic E-state index is -0.312. The minimum absolute atomic E-state index is 0.312. The third-order valence-electron chi connectivity index (χ3n) is 0.420. The molecule has 0 saturated carbocycles. The van der Waals surface area contributed by atoms with Gasteiger partial charge in [0.1, 0.15) is 0 Å². The number of carbonyl (C=O) groups is 1. The molecule has 5 heteroatoms. The Morgan fingerprint density at radius 2 is 2.38 bits per heavy atom. The third-order valence-corrected chi connectivity index (χ3v) is 1.10. The van der Waals surface area contributed by atoms with Crippen LogP contribution in [0.2, 0.25) is 0 Å². The van der Waals surface area contributed by atoms with Crippen LogP contribution >= 0.6 is 16.1 Å². The van der Waals surface area contributed by atoms with Gasteiger partial charge in [0.05, 0.1) is 16.1 Å². The van der Waals surface area contributed by atoms with E-state index >= 15 is 0 Å². The standard InChI is InChI=1S/C3H4BrN2O2/c1-3(8)6(4)5-2-7/h1H3,(H,5,7). The average Bonchev–Trinajstić information content (AvgIpc) is 1.67. The summed E-state index contributed by atoms with van der Waals surface area (Å²) in [6.45, 7) is 1.29. The van der Waals surface area contributed by atoms with E-state index in [2.05, 4.69) is 16.1 Å². The number of nitrogens with one attached hydrogen (secondary N) is 1. The monoisotopic (exact) mass is 179 g/mol. The van der Waals surface area contributed by atoms with Gasteiger partial charge in [0, 0.05) is 6.92 Å². The predicted octanol–water partition coefficient (Wildman–Crippen LogP) is -0.283. The summed E-state index contributed by atoms with van der Waals surface area (Å²) >= 11 is 2.71. The Morgan fingerprint density at radius 3 is 2.50 bits per heavy atom. The number of carbonyl (C=O) groups excluding carboxylic acids is 2. The van der Waals surface area contributed by atoms with Crippen LogP contribution < -0.4 is 5.43 Å². The van der Waals surface area contributed by atoms with E-state index in [0.29, 0.717) is 0 Å². The van der Waals surface area contributed by atoms with Crippen molar-refractivity contribution in [2.45, 2.75) is 6.92 Å². The van der Waals surface area contributed by atoms with Crippen molar-refractivity contribution in [3.8, 4) is 0 Å². The second kappa shape index (κ2) is 3.43. The predicted molar refractivity (Wildman–Crippen MR) is 30.3 cm³/mol. The number of rotatable bonds is 2. The van der Waals surface area contributed by atoms with Crippen LogP contribution in [0.4, 0.5) is 0 Å². The molecule has 0 bridgehead atoms. The lowest BCUT2D eigenvalue weighted by Crippen LogP contribution is -2.31. The molecule has 0 aromatic carbocycles. The van der Waals surface area contributed by atoms with Gasteiger partial charge in [-0.15, -0.1) is 0 Å². The van der Waals surface area contributed by atoms with Crippen LogP contribution in [0.15, 0.2) is 0 Å². The van der Waals surface area contributed by atoms with E-state index in [-0.39, 0.29) is 5.91 Å². The van der Waals surface area contributed by atoms with Gasteiger partial charge >= 0.3 is 6.41 Å². The van der Waals surface area contributed by atoms with Crippen LogP contribution in [0.5, 0.6) is 0 Å². The average molecular weight is 180 g/mol. The highest BCUT2D eigenvalue weighted by Crippen LogP contribution is 1.88. The van der Waals surface area contributed by atoms with Gasteiger partial charge in [-0.2, -0.15) is 4.03 Å². The molecule has 0 saturated heterocycles. The van der Waals surface area contributed by atoms with Crippen molar-refractivity contribution in [3.05, 3.63) is 0 Å². The molecule has 0 rings (SSSR count). The van der Waals surface area contributed by atoms with Gasteiger partial charge in [-0.1, -0.05) is 0 Å². The van der Waals surface area contributed by atoms with E-state index in [1.807, 2.05) is 5.43 Å². The maximum absolute atomic E-state index is 10.2. The summed E-state index contributed by atoms with van der Waals surface area (Å²) in [5.41, 5.74) is 1.94. The molecule has 0 spiro atoms. The molecule has 0 aliphatic rings. The lowest BCUT2D eigenvalue weighted by Gasteiger charge is -2.05. The van der Waals surface area contributed by atoms with Gasteiger partial charge in [-0.25, -0.2) is 5.43 Å². The molecule has 0 atom stereocenters. The molecule has 0 aromatic heterocycles. The van der Waals surface area contributed by atoms with Crippen molar-refractivity contribution >= 4 is 28.5 Å². The summed E-state index contributed by atoms with van der Waals surface area (Å²) in [7, 11) is 0. The second-order valence-electron chi connectivity index (χ2n) is 1.01. The first-order chi connectivity index (χ1) is 3.68. The van der Waals surface area contributed by atoms with Crippen molar-refractivity contribution < 1.29 is 9.59 Å². The molecule has 0 aliphatic heterocycles. The summed E-state index contributed by atoms with van der Waals surface area (Å²) in [5.74, 6) is -0.312. The highest BCUT2D eigenvalue weighted by molar-refractivity contribution is 9.07. The Kier molecular flexibility index (Phi) is 3.18. The minimum Gasteiger partial charge on any atom is -0.272 e. The maximum Gasteiger partial charge on any atom is 0.330 e. The van der Waals surface area contributed by atoms with Gasteiger partial charge in [0.25, 0.3) is 0 Å². The van der Waals surface area contributed by atoms with Gasteiger partial charge in [0.15, 0.2) is 0 Å². The second-order valence-corrected chi connectivity index (χ2v) is 1.72. The molecular weight excluding hydrogens is 176 g/mol. The zero-order valence-electron chi connectivity index (χ0n) is 4.14. The molecular formula is C3H4BrN2O2. The van der Waals surface area contributed by atoms with Gasteiger partial charge < -0.3 is 0 Å². The lowest BCUT2D eigenvalue weighted by molar-refractivity contribution is -0.124. The van der Waals surface area contributed by atoms with Crippen LogP contribution in [0.1, 0.15) is 6.92 Å². The quantitative estimate of drug-likeness (QED) is 0.360. The molecule has 0 fully saturated rings. The Labute approximate surface area is 55.1 Å². The summed E-state index contributed by atoms with van der Waals surface area (Å²) in [6, 6.07) is 0. The largest absolute Gasteiger partial charge is 0.330 e. The Hall–Kier alpha value is -0.580. The van der Waals surface area contributed by atoms with Crippen LogP contribution in [-0.2, 0) is 9.59 Å². The van der Waals surface area contributed by atoms with Crippen molar-refractivity contribution in [2.24, 2.45) is 0 Å². The molecule has 45 valence electrons. The molecule has 1 radical (unpaired) electrons. The number of hydrogen-bond acceptors (Lipinski definition) is 2. The van der Waals surface area contributed by atoms with Crippen LogP contribution in [0.25, 0.3) is 0 Å². The summed E-state index contributed by atoms with van der Waals surface area (Å²) < 4.78 is 0.847. The third kappa shape index (κ3) is 2.57. The smallest absolute Gasteiger partial charge is 0.272 e. The van der Waals surface area contributed by atoms with Crippen molar-refractivity contribution in [3.63, 3.8) is 0 Å². The van der Waals surface area contributed by atoms with E-state index < -0.39 is 0 Å². The van der Waals surface area contributed by atoms with Crippen molar-refractivity contribution in [1.82, 2.24) is 9.46 Å². The van der Waals surface area contributed by atoms with Gasteiger partial charge in [0.2, 0.25) is 5.91 Å². The van der Waals surface area contributed by atoms with Crippen LogP contribution in [0, 0.1) is 0 Å². The SMILES string of the molecule is CC(=O)N(Br)N[C]=O. The molecule has 0 aromatic rings. The fraction of sp³-hybridized carbons (Fsp3) is 0.333. The summed E-state index contributed by atoms with van der Waals surface area (Å²) in [4.78, 5) is 19.6. The highest BCUT2D eigenvalue weighted by atomic mass is 79.9. The van der Waals surface area contributed by atoms with E-state index in [4.69, 9.17) is 0 Å². The van der Waals surface area contributed by atoms with Crippen molar-refractivity contribution in [2.75, 3.05) is 0 Å². The fourth-order valence-electron chi connectivity index (χ4n) is 0.119. The van der Waals surface area contributed by atoms with E-state index in [1.54, 1.807) is 0 Å². The number of hydrogen-bond donors (Lipinski definition) is 1. The Balaban J connectivity index is 3.46. The molecule has 8 heavy (non-hydrogen) atoms. The summed E-state index contributed by atoms with van der Waals surface area (Å²) in [5, 5.41) is 0. The fourth-order valence-corrected chi connectivity index (χ4v) is 0.191. The molecule has 1 N–H and O–H groups in total. The maximum atomic E-state index is 10.2. The topological polar surface area (TPSA) is 49.4 Å². The van der Waals surface area contributed by atoms with E-state index in [0.717, 1.165) is 4.03 Å². The van der Waals surface area contributed by atoms with Gasteiger partial charge in [-0.05, 0) is 0 Å². The van der Waals surface area contributed by atoms with E-state index in [1.165, 1.54) is 13.3 Å². The number of nitrogens with zero attached hydrogens (tertiary/aromatic N) is 1. The lowest BCUT2D eigenvalue weighted by atomic mass is 10.8. The first-order valence-corrected chi connectivity index (χ1v) is 2.48. The van der Waals surface area contributed by atoms with Crippen LogP contribution in [0.3, 0.4) is 0 Å². The first kappa shape index (κ1) is 7.42. The van der Waals surface area contributed by atoms with Crippen LogP contribution in [-0.4, -0.2) is 16.4 Å². The molecule has 0 heterocycles. The summed E-state index contributed by atoms with van der Waals surface area (Å²) in [6.07, 6.45) is 1.31.